The van der Waals surface area contributed by atoms with Crippen LogP contribution in [-0.4, -0.2) is 0 Å². The zero-order chi connectivity index (χ0) is 15.6. The van der Waals surface area contributed by atoms with E-state index in [1.807, 2.05) is 31.2 Å². The zero-order valence-corrected chi connectivity index (χ0v) is 12.0. The minimum absolute atomic E-state index is 0.312. The molecule has 0 bridgehead atoms. The van der Waals surface area contributed by atoms with Gasteiger partial charge in [-0.3, -0.25) is 0 Å². The fourth-order valence-corrected chi connectivity index (χ4v) is 2.45. The molecule has 21 heavy (non-hydrogen) atoms. The number of hydrogen-bond acceptors (Lipinski definition) is 1. The molecular formula is C17H18F3N. The molecule has 2 rings (SSSR count). The highest BCUT2D eigenvalue weighted by atomic mass is 19.4. The first-order chi connectivity index (χ1) is 9.79. The second kappa shape index (κ2) is 5.90. The lowest BCUT2D eigenvalue weighted by atomic mass is 9.93. The van der Waals surface area contributed by atoms with Crippen LogP contribution in [0, 0.1) is 13.8 Å². The maximum absolute atomic E-state index is 12.7. The van der Waals surface area contributed by atoms with Gasteiger partial charge >= 0.3 is 6.18 Å². The normalized spacial score (nSPS) is 13.2. The topological polar surface area (TPSA) is 26.0 Å². The molecule has 112 valence electrons. The van der Waals surface area contributed by atoms with Crippen molar-refractivity contribution in [3.05, 3.63) is 70.3 Å². The molecular weight excluding hydrogens is 275 g/mol. The van der Waals surface area contributed by atoms with Crippen molar-refractivity contribution in [3.8, 4) is 0 Å². The van der Waals surface area contributed by atoms with E-state index < -0.39 is 11.7 Å². The first-order valence-electron chi connectivity index (χ1n) is 6.77. The van der Waals surface area contributed by atoms with Gasteiger partial charge in [0, 0.05) is 6.04 Å². The van der Waals surface area contributed by atoms with Crippen LogP contribution in [0.4, 0.5) is 13.2 Å². The Bertz CT molecular complexity index is 632. The van der Waals surface area contributed by atoms with Gasteiger partial charge < -0.3 is 5.73 Å². The fraction of sp³-hybridized carbons (Fsp3) is 0.294. The van der Waals surface area contributed by atoms with Gasteiger partial charge in [0.05, 0.1) is 5.56 Å². The fourth-order valence-electron chi connectivity index (χ4n) is 2.45. The molecule has 2 aromatic carbocycles. The predicted octanol–water partition coefficient (Wildman–Crippen LogP) is 4.56. The maximum Gasteiger partial charge on any atom is 0.416 e. The van der Waals surface area contributed by atoms with E-state index in [0.29, 0.717) is 12.0 Å². The van der Waals surface area contributed by atoms with Crippen LogP contribution in [0.3, 0.4) is 0 Å². The van der Waals surface area contributed by atoms with Gasteiger partial charge in [0.2, 0.25) is 0 Å². The van der Waals surface area contributed by atoms with Gasteiger partial charge in [-0.2, -0.15) is 13.2 Å². The van der Waals surface area contributed by atoms with E-state index in [1.54, 1.807) is 6.92 Å². The number of rotatable bonds is 3. The summed E-state index contributed by atoms with van der Waals surface area (Å²) in [5.74, 6) is 0. The molecule has 4 heteroatoms. The van der Waals surface area contributed by atoms with Crippen LogP contribution >= 0.6 is 0 Å². The third-order valence-corrected chi connectivity index (χ3v) is 3.70. The number of benzene rings is 2. The molecule has 0 aliphatic rings. The van der Waals surface area contributed by atoms with Gasteiger partial charge in [0.1, 0.15) is 0 Å². The summed E-state index contributed by atoms with van der Waals surface area (Å²) in [5, 5.41) is 0. The van der Waals surface area contributed by atoms with E-state index in [-0.39, 0.29) is 6.04 Å². The van der Waals surface area contributed by atoms with Crippen LogP contribution < -0.4 is 5.73 Å². The van der Waals surface area contributed by atoms with Crippen LogP contribution in [0.25, 0.3) is 0 Å². The predicted molar refractivity (Wildman–Crippen MR) is 78.0 cm³/mol. The smallest absolute Gasteiger partial charge is 0.324 e. The Morgan fingerprint density at radius 2 is 1.67 bits per heavy atom. The summed E-state index contributed by atoms with van der Waals surface area (Å²) in [7, 11) is 0. The lowest BCUT2D eigenvalue weighted by Gasteiger charge is -2.17. The second-order valence-electron chi connectivity index (χ2n) is 5.31. The highest BCUT2D eigenvalue weighted by molar-refractivity contribution is 5.36. The lowest BCUT2D eigenvalue weighted by Crippen LogP contribution is -2.16. The number of nitrogens with two attached hydrogens (primary N) is 1. The molecule has 0 heterocycles. The molecule has 0 aliphatic heterocycles. The monoisotopic (exact) mass is 293 g/mol. The Morgan fingerprint density at radius 3 is 2.24 bits per heavy atom. The summed E-state index contributed by atoms with van der Waals surface area (Å²) in [6.07, 6.45) is -3.71. The molecule has 0 amide bonds. The minimum Gasteiger partial charge on any atom is -0.324 e. The molecule has 0 radical (unpaired) electrons. The molecule has 0 aliphatic carbocycles. The highest BCUT2D eigenvalue weighted by Gasteiger charge is 2.30. The van der Waals surface area contributed by atoms with Crippen LogP contribution in [0.1, 0.15) is 33.9 Å². The molecule has 0 saturated heterocycles. The first-order valence-corrected chi connectivity index (χ1v) is 6.77. The van der Waals surface area contributed by atoms with Gasteiger partial charge in [-0.25, -0.2) is 0 Å². The van der Waals surface area contributed by atoms with Crippen molar-refractivity contribution in [2.24, 2.45) is 5.73 Å². The number of hydrogen-bond donors (Lipinski definition) is 1. The minimum atomic E-state index is -4.32. The van der Waals surface area contributed by atoms with Crippen LogP contribution in [0.5, 0.6) is 0 Å². The molecule has 0 spiro atoms. The summed E-state index contributed by atoms with van der Waals surface area (Å²) in [6, 6.07) is 11.3. The molecule has 1 nitrogen and oxygen atoms in total. The van der Waals surface area contributed by atoms with Crippen molar-refractivity contribution in [1.29, 1.82) is 0 Å². The van der Waals surface area contributed by atoms with Crippen LogP contribution in [0.2, 0.25) is 0 Å². The molecule has 0 aromatic heterocycles. The average molecular weight is 293 g/mol. The van der Waals surface area contributed by atoms with Crippen LogP contribution in [-0.2, 0) is 12.6 Å². The van der Waals surface area contributed by atoms with Gasteiger partial charge in [-0.1, -0.05) is 30.3 Å². The van der Waals surface area contributed by atoms with Crippen molar-refractivity contribution in [3.63, 3.8) is 0 Å². The third-order valence-electron chi connectivity index (χ3n) is 3.70. The van der Waals surface area contributed by atoms with E-state index in [9.17, 15) is 13.2 Å². The van der Waals surface area contributed by atoms with Crippen molar-refractivity contribution < 1.29 is 13.2 Å². The second-order valence-corrected chi connectivity index (χ2v) is 5.31. The number of alkyl halides is 3. The molecule has 0 saturated carbocycles. The Labute approximate surface area is 122 Å². The molecule has 2 aromatic rings. The highest BCUT2D eigenvalue weighted by Crippen LogP contribution is 2.32. The molecule has 1 atom stereocenters. The maximum atomic E-state index is 12.7. The molecule has 0 fully saturated rings. The summed E-state index contributed by atoms with van der Waals surface area (Å²) in [6.45, 7) is 3.67. The van der Waals surface area contributed by atoms with E-state index in [0.717, 1.165) is 28.8 Å². The van der Waals surface area contributed by atoms with Crippen LogP contribution in [0.15, 0.2) is 42.5 Å². The lowest BCUT2D eigenvalue weighted by molar-refractivity contribution is -0.137. The van der Waals surface area contributed by atoms with Gasteiger partial charge in [-0.05, 0) is 54.7 Å². The Hall–Kier alpha value is -1.81. The zero-order valence-electron chi connectivity index (χ0n) is 12.0. The number of aryl methyl sites for hydroxylation is 2. The Morgan fingerprint density at radius 1 is 1.00 bits per heavy atom. The van der Waals surface area contributed by atoms with E-state index in [4.69, 9.17) is 5.73 Å². The van der Waals surface area contributed by atoms with Crippen molar-refractivity contribution in [2.75, 3.05) is 0 Å². The number of halogens is 3. The summed E-state index contributed by atoms with van der Waals surface area (Å²) in [4.78, 5) is 0. The largest absolute Gasteiger partial charge is 0.416 e. The SMILES string of the molecule is Cc1ccccc1CC(N)c1ccc(C(F)(F)F)cc1C. The van der Waals surface area contributed by atoms with Crippen molar-refractivity contribution in [1.82, 2.24) is 0 Å². The van der Waals surface area contributed by atoms with Gasteiger partial charge in [0.15, 0.2) is 0 Å². The van der Waals surface area contributed by atoms with Crippen molar-refractivity contribution in [2.45, 2.75) is 32.5 Å². The summed E-state index contributed by atoms with van der Waals surface area (Å²) in [5.41, 5.74) is 9.12. The van der Waals surface area contributed by atoms with E-state index in [1.165, 1.54) is 6.07 Å². The standard InChI is InChI=1S/C17H18F3N/c1-11-5-3-4-6-13(11)10-16(21)15-8-7-14(9-12(15)2)17(18,19)20/h3-9,16H,10,21H2,1-2H3. The van der Waals surface area contributed by atoms with Gasteiger partial charge in [-0.15, -0.1) is 0 Å². The molecule has 1 unspecified atom stereocenters. The van der Waals surface area contributed by atoms with E-state index >= 15 is 0 Å². The Balaban J connectivity index is 2.24. The summed E-state index contributed by atoms with van der Waals surface area (Å²) >= 11 is 0. The van der Waals surface area contributed by atoms with Gasteiger partial charge in [0.25, 0.3) is 0 Å². The summed E-state index contributed by atoms with van der Waals surface area (Å²) < 4.78 is 38.0. The quantitative estimate of drug-likeness (QED) is 0.881. The third kappa shape index (κ3) is 3.64. The van der Waals surface area contributed by atoms with E-state index in [2.05, 4.69) is 0 Å². The first kappa shape index (κ1) is 15.6. The van der Waals surface area contributed by atoms with Crippen molar-refractivity contribution >= 4 is 0 Å². The molecule has 2 N–H and O–H groups in total. The average Bonchev–Trinajstić information content (AvgIpc) is 2.40. The Kier molecular flexibility index (Phi) is 4.37.